The van der Waals surface area contributed by atoms with E-state index in [0.29, 0.717) is 0 Å². The fourth-order valence-electron chi connectivity index (χ4n) is 6.58. The first-order valence-corrected chi connectivity index (χ1v) is 20.9. The Balaban J connectivity index is 0.000000584. The summed E-state index contributed by atoms with van der Waals surface area (Å²) in [5.41, 5.74) is 2.70. The van der Waals surface area contributed by atoms with Crippen molar-refractivity contribution in [1.82, 2.24) is 0 Å². The van der Waals surface area contributed by atoms with Gasteiger partial charge in [-0.2, -0.15) is 5.26 Å². The van der Waals surface area contributed by atoms with Crippen molar-refractivity contribution in [2.45, 2.75) is 6.92 Å². The van der Waals surface area contributed by atoms with Gasteiger partial charge in [-0.25, -0.2) is 0 Å². The van der Waals surface area contributed by atoms with Gasteiger partial charge in [0.15, 0.2) is 0 Å². The first-order valence-electron chi connectivity index (χ1n) is 18.2. The Morgan fingerprint density at radius 3 is 0.836 bits per heavy atom. The number of fused-ring (bicyclic) bond motifs is 2. The van der Waals surface area contributed by atoms with Crippen molar-refractivity contribution >= 4 is 83.7 Å². The van der Waals surface area contributed by atoms with Gasteiger partial charge in [0.2, 0.25) is 0 Å². The van der Waals surface area contributed by atoms with Crippen LogP contribution in [0.4, 0.5) is 34.5 Å². The van der Waals surface area contributed by atoms with Crippen molar-refractivity contribution in [2.24, 2.45) is 0 Å². The quantitative estimate of drug-likeness (QED) is 0.0892. The van der Waals surface area contributed by atoms with E-state index in [0.717, 1.165) is 0 Å². The van der Waals surface area contributed by atoms with Crippen LogP contribution in [-0.2, 0) is 20.4 Å². The zero-order valence-corrected chi connectivity index (χ0v) is 35.7. The molecule has 0 aliphatic heterocycles. The van der Waals surface area contributed by atoms with Crippen LogP contribution >= 0.6 is 15.8 Å². The van der Waals surface area contributed by atoms with Gasteiger partial charge in [-0.3, -0.25) is 0 Å². The molecule has 2 nitrogen and oxygen atoms in total. The molecule has 8 aromatic carbocycles. The van der Waals surface area contributed by atoms with Crippen LogP contribution in [0.25, 0.3) is 32.7 Å². The number of nitriles is 1. The monoisotopic (exact) mass is 961 g/mol. The van der Waals surface area contributed by atoms with E-state index < -0.39 is 30.4 Å². The Morgan fingerprint density at radius 2 is 0.590 bits per heavy atom. The molecule has 2 N–H and O–H groups in total. The summed E-state index contributed by atoms with van der Waals surface area (Å²) in [5, 5.41) is 20.7. The molecule has 0 saturated carbocycles. The average molecular weight is 962 g/mol. The fourth-order valence-corrected chi connectivity index (χ4v) is 11.5. The van der Waals surface area contributed by atoms with Crippen molar-refractivity contribution < 1.29 is 60.4 Å². The Labute approximate surface area is 366 Å². The molecule has 0 aromatic heterocycles. The summed E-state index contributed by atoms with van der Waals surface area (Å²) in [5.74, 6) is 0. The molecule has 0 fully saturated rings. The molecule has 0 atom stereocenters. The predicted octanol–water partition coefficient (Wildman–Crippen LogP) is 11.5. The molecule has 0 amide bonds. The van der Waals surface area contributed by atoms with Crippen molar-refractivity contribution in [3.63, 3.8) is 0 Å². The van der Waals surface area contributed by atoms with Gasteiger partial charge in [-0.1, -0.05) is 194 Å². The van der Waals surface area contributed by atoms with Crippen molar-refractivity contribution in [1.29, 1.82) is 5.26 Å². The molecule has 61 heavy (non-hydrogen) atoms. The van der Waals surface area contributed by atoms with Crippen LogP contribution in [0.2, 0.25) is 0 Å². The summed E-state index contributed by atoms with van der Waals surface area (Å²) in [4.78, 5) is 0. The van der Waals surface area contributed by atoms with Crippen molar-refractivity contribution in [3.8, 4) is 17.2 Å². The minimum absolute atomic E-state index is 0. The Bertz CT molecular complexity index is 2340. The van der Waals surface area contributed by atoms with E-state index in [-0.39, 0.29) is 25.9 Å². The third-order valence-electron chi connectivity index (χ3n) is 8.60. The average Bonchev–Trinajstić information content (AvgIpc) is 3.22. The van der Waals surface area contributed by atoms with E-state index in [1.807, 2.05) is 0 Å². The van der Waals surface area contributed by atoms with Gasteiger partial charge in [-0.15, -0.1) is 0 Å². The summed E-state index contributed by atoms with van der Waals surface area (Å²) >= 11 is 0. The number of rotatable bonds is 7. The number of hydrogen-bond donors (Lipinski definition) is 0. The van der Waals surface area contributed by atoms with Crippen molar-refractivity contribution in [2.75, 3.05) is 0 Å². The molecule has 314 valence electrons. The second kappa shape index (κ2) is 23.7. The molecule has 0 spiro atoms. The molecular weight excluding hydrogens is 924 g/mol. The van der Waals surface area contributed by atoms with Gasteiger partial charge >= 0.3 is 34.9 Å². The Morgan fingerprint density at radius 1 is 0.377 bits per heavy atom. The van der Waals surface area contributed by atoms with E-state index in [1.54, 1.807) is 6.07 Å². The number of nitrogens with zero attached hydrogens (tertiary/aromatic N) is 1. The maximum Gasteiger partial charge on any atom is 2.00 e. The molecule has 8 aromatic rings. The van der Waals surface area contributed by atoms with Gasteiger partial charge in [0.1, 0.15) is 0 Å². The summed E-state index contributed by atoms with van der Waals surface area (Å²) in [6.07, 6.45) is 0. The zero-order valence-electron chi connectivity index (χ0n) is 32.3. The van der Waals surface area contributed by atoms with Gasteiger partial charge < -0.3 is 40.0 Å². The zero-order chi connectivity index (χ0) is 42.4. The minimum atomic E-state index is -6.00. The molecule has 0 aliphatic rings. The van der Waals surface area contributed by atoms with Crippen LogP contribution in [0.5, 0.6) is 0 Å². The van der Waals surface area contributed by atoms with Crippen LogP contribution in [-0.4, -0.2) is 20.0 Å². The number of halogens is 8. The van der Waals surface area contributed by atoms with Crippen molar-refractivity contribution in [3.05, 3.63) is 194 Å². The van der Waals surface area contributed by atoms with Crippen LogP contribution < -0.4 is 31.8 Å². The Hall–Kier alpha value is -5.18. The van der Waals surface area contributed by atoms with E-state index in [4.69, 9.17) is 5.26 Å². The molecular formula is C46H37B2F8NOP2Pd. The molecule has 0 saturated heterocycles. The summed E-state index contributed by atoms with van der Waals surface area (Å²) in [6, 6.07) is 73.6. The molecule has 15 heteroatoms. The molecule has 0 bridgehead atoms. The van der Waals surface area contributed by atoms with Crippen LogP contribution in [0, 0.1) is 11.3 Å². The Kier molecular flexibility index (Phi) is 19.5. The molecule has 8 rings (SSSR count). The summed E-state index contributed by atoms with van der Waals surface area (Å²) < 4.78 is 78.0. The van der Waals surface area contributed by atoms with Gasteiger partial charge in [-0.05, 0) is 80.3 Å². The van der Waals surface area contributed by atoms with Crippen LogP contribution in [0.15, 0.2) is 194 Å². The molecule has 0 aliphatic carbocycles. The minimum Gasteiger partial charge on any atom is -0.418 e. The number of benzene rings is 8. The predicted molar refractivity (Wildman–Crippen MR) is 240 cm³/mol. The second-order valence-electron chi connectivity index (χ2n) is 12.6. The van der Waals surface area contributed by atoms with Crippen LogP contribution in [0.1, 0.15) is 6.92 Å². The molecule has 0 radical (unpaired) electrons. The summed E-state index contributed by atoms with van der Waals surface area (Å²) in [7, 11) is -13.7. The van der Waals surface area contributed by atoms with Gasteiger partial charge in [0, 0.05) is 6.92 Å². The maximum absolute atomic E-state index is 9.75. The van der Waals surface area contributed by atoms with E-state index in [9.17, 15) is 34.5 Å². The topological polar surface area (TPSA) is 55.3 Å². The van der Waals surface area contributed by atoms with E-state index in [1.165, 1.54) is 71.4 Å². The largest absolute Gasteiger partial charge is 2.00 e. The molecule has 0 unspecified atom stereocenters. The fraction of sp³-hybridized carbons (Fsp3) is 0.0217. The number of hydrogen-bond acceptors (Lipinski definition) is 1. The maximum atomic E-state index is 9.75. The molecule has 0 heterocycles. The second-order valence-corrected chi connectivity index (χ2v) is 17.0. The van der Waals surface area contributed by atoms with E-state index in [2.05, 4.69) is 194 Å². The standard InChI is InChI=1S/C44H32P2.C2H3N.2BF4.H2O.Pd/c1-5-19-35(20-6-1)45(36-21-7-2-8-22-36)41-31-29-33-17-13-15-27-39(33)43(41)44-40-28-16-14-18-34(40)30-32-42(44)46(37-23-9-3-10-24-37)38-25-11-4-12-26-38;1-2-3;2*2-1(3,4)5;;/h1-32H;1H3;;;1H2;/q;;2*-1;;+2. The first kappa shape index (κ1) is 50.2. The third-order valence-corrected chi connectivity index (χ3v) is 13.6. The SMILES string of the molecule is CC#N.F[B-](F)(F)F.F[B-](F)(F)F.O.[Pd+2].c1ccc(P(c2ccccc2)c2ccc3ccccc3c2-c2c(P(c3ccccc3)c3ccccc3)ccc3ccccc23)cc1. The normalized spacial score (nSPS) is 10.7. The summed E-state index contributed by atoms with van der Waals surface area (Å²) in [6.45, 7) is 1.43. The van der Waals surface area contributed by atoms with E-state index >= 15 is 0 Å². The van der Waals surface area contributed by atoms with Gasteiger partial charge in [0.05, 0.1) is 6.07 Å². The van der Waals surface area contributed by atoms with Crippen LogP contribution in [0.3, 0.4) is 0 Å². The third kappa shape index (κ3) is 14.5. The van der Waals surface area contributed by atoms with Gasteiger partial charge in [0.25, 0.3) is 0 Å². The smallest absolute Gasteiger partial charge is 0.418 e. The first-order chi connectivity index (χ1) is 28.3.